The third-order valence-corrected chi connectivity index (χ3v) is 3.45. The molecule has 0 amide bonds. The second-order valence-electron chi connectivity index (χ2n) is 3.72. The SMILES string of the molecule is CCC(N)c1ccc(Sc2ccncc2)cn1. The summed E-state index contributed by atoms with van der Waals surface area (Å²) in [4.78, 5) is 10.6. The summed E-state index contributed by atoms with van der Waals surface area (Å²) in [6.45, 7) is 2.06. The van der Waals surface area contributed by atoms with E-state index in [9.17, 15) is 0 Å². The molecule has 2 heterocycles. The van der Waals surface area contributed by atoms with Gasteiger partial charge in [0.15, 0.2) is 0 Å². The molecule has 0 spiro atoms. The largest absolute Gasteiger partial charge is 0.323 e. The molecule has 17 heavy (non-hydrogen) atoms. The van der Waals surface area contributed by atoms with Crippen LogP contribution in [0.3, 0.4) is 0 Å². The Balaban J connectivity index is 2.08. The maximum absolute atomic E-state index is 5.92. The maximum atomic E-state index is 5.92. The Morgan fingerprint density at radius 1 is 1.18 bits per heavy atom. The zero-order chi connectivity index (χ0) is 12.1. The molecule has 0 radical (unpaired) electrons. The van der Waals surface area contributed by atoms with Crippen LogP contribution in [-0.4, -0.2) is 9.97 Å². The zero-order valence-corrected chi connectivity index (χ0v) is 10.5. The molecule has 0 fully saturated rings. The normalized spacial score (nSPS) is 12.4. The van der Waals surface area contributed by atoms with Gasteiger partial charge in [0.2, 0.25) is 0 Å². The lowest BCUT2D eigenvalue weighted by Gasteiger charge is -2.08. The predicted octanol–water partition coefficient (Wildman–Crippen LogP) is 3.04. The number of hydrogen-bond donors (Lipinski definition) is 1. The molecule has 2 N–H and O–H groups in total. The molecule has 1 unspecified atom stereocenters. The minimum Gasteiger partial charge on any atom is -0.323 e. The fourth-order valence-electron chi connectivity index (χ4n) is 1.42. The Kier molecular flexibility index (Phi) is 4.12. The van der Waals surface area contributed by atoms with Gasteiger partial charge in [0.05, 0.1) is 5.69 Å². The van der Waals surface area contributed by atoms with E-state index in [0.717, 1.165) is 21.9 Å². The summed E-state index contributed by atoms with van der Waals surface area (Å²) >= 11 is 1.67. The molecular weight excluding hydrogens is 230 g/mol. The molecule has 1 atom stereocenters. The van der Waals surface area contributed by atoms with Gasteiger partial charge < -0.3 is 5.73 Å². The number of nitrogens with two attached hydrogens (primary N) is 1. The van der Waals surface area contributed by atoms with Crippen molar-refractivity contribution in [2.75, 3.05) is 0 Å². The van der Waals surface area contributed by atoms with E-state index in [1.807, 2.05) is 24.4 Å². The maximum Gasteiger partial charge on any atom is 0.0571 e. The highest BCUT2D eigenvalue weighted by Gasteiger charge is 2.04. The van der Waals surface area contributed by atoms with Gasteiger partial charge in [0, 0.05) is 34.4 Å². The summed E-state index contributed by atoms with van der Waals surface area (Å²) in [6, 6.07) is 8.06. The lowest BCUT2D eigenvalue weighted by atomic mass is 10.1. The molecule has 4 heteroatoms. The number of nitrogens with zero attached hydrogens (tertiary/aromatic N) is 2. The highest BCUT2D eigenvalue weighted by molar-refractivity contribution is 7.99. The minimum absolute atomic E-state index is 0.0370. The molecular formula is C13H15N3S. The van der Waals surface area contributed by atoms with Crippen LogP contribution < -0.4 is 5.73 Å². The van der Waals surface area contributed by atoms with Crippen LogP contribution in [0.1, 0.15) is 25.1 Å². The minimum atomic E-state index is 0.0370. The molecule has 0 saturated carbocycles. The van der Waals surface area contributed by atoms with Crippen LogP contribution >= 0.6 is 11.8 Å². The summed E-state index contributed by atoms with van der Waals surface area (Å²) in [5.74, 6) is 0. The van der Waals surface area contributed by atoms with Gasteiger partial charge in [-0.2, -0.15) is 0 Å². The molecule has 0 aliphatic carbocycles. The Hall–Kier alpha value is -1.39. The first-order valence-electron chi connectivity index (χ1n) is 5.59. The fraction of sp³-hybridized carbons (Fsp3) is 0.231. The molecule has 2 rings (SSSR count). The van der Waals surface area contributed by atoms with E-state index in [1.54, 1.807) is 24.2 Å². The second-order valence-corrected chi connectivity index (χ2v) is 4.87. The summed E-state index contributed by atoms with van der Waals surface area (Å²) in [5.41, 5.74) is 6.87. The number of hydrogen-bond acceptors (Lipinski definition) is 4. The number of aromatic nitrogens is 2. The van der Waals surface area contributed by atoms with Crippen LogP contribution in [0, 0.1) is 0 Å². The first kappa shape index (κ1) is 12.1. The summed E-state index contributed by atoms with van der Waals surface area (Å²) < 4.78 is 0. The number of rotatable bonds is 4. The van der Waals surface area contributed by atoms with Crippen molar-refractivity contribution in [3.63, 3.8) is 0 Å². The van der Waals surface area contributed by atoms with Crippen LogP contribution in [0.25, 0.3) is 0 Å². The van der Waals surface area contributed by atoms with E-state index < -0.39 is 0 Å². The van der Waals surface area contributed by atoms with Gasteiger partial charge in [-0.25, -0.2) is 0 Å². The Morgan fingerprint density at radius 3 is 2.53 bits per heavy atom. The van der Waals surface area contributed by atoms with Gasteiger partial charge in [-0.1, -0.05) is 18.7 Å². The van der Waals surface area contributed by atoms with Crippen LogP contribution in [0.15, 0.2) is 52.6 Å². The molecule has 3 nitrogen and oxygen atoms in total. The van der Waals surface area contributed by atoms with Gasteiger partial charge in [0.25, 0.3) is 0 Å². The Bertz CT molecular complexity index is 456. The van der Waals surface area contributed by atoms with Crippen molar-refractivity contribution in [3.05, 3.63) is 48.5 Å². The lowest BCUT2D eigenvalue weighted by Crippen LogP contribution is -2.10. The van der Waals surface area contributed by atoms with Crippen molar-refractivity contribution in [1.82, 2.24) is 9.97 Å². The molecule has 2 aromatic rings. The highest BCUT2D eigenvalue weighted by Crippen LogP contribution is 2.26. The topological polar surface area (TPSA) is 51.8 Å². The van der Waals surface area contributed by atoms with Crippen molar-refractivity contribution in [3.8, 4) is 0 Å². The molecule has 2 aromatic heterocycles. The molecule has 0 aliphatic heterocycles. The predicted molar refractivity (Wildman–Crippen MR) is 69.8 cm³/mol. The average Bonchev–Trinajstić information content (AvgIpc) is 2.40. The first-order chi connectivity index (χ1) is 8.29. The molecule has 88 valence electrons. The first-order valence-corrected chi connectivity index (χ1v) is 6.40. The highest BCUT2D eigenvalue weighted by atomic mass is 32.2. The van der Waals surface area contributed by atoms with Gasteiger partial charge in [-0.3, -0.25) is 9.97 Å². The van der Waals surface area contributed by atoms with Crippen molar-refractivity contribution < 1.29 is 0 Å². The van der Waals surface area contributed by atoms with Crippen molar-refractivity contribution in [2.45, 2.75) is 29.2 Å². The van der Waals surface area contributed by atoms with E-state index in [4.69, 9.17) is 5.73 Å². The summed E-state index contributed by atoms with van der Waals surface area (Å²) in [5, 5.41) is 0. The van der Waals surface area contributed by atoms with Gasteiger partial charge >= 0.3 is 0 Å². The second kappa shape index (κ2) is 5.80. The summed E-state index contributed by atoms with van der Waals surface area (Å²) in [7, 11) is 0. The smallest absolute Gasteiger partial charge is 0.0571 e. The zero-order valence-electron chi connectivity index (χ0n) is 9.71. The number of pyridine rings is 2. The lowest BCUT2D eigenvalue weighted by molar-refractivity contribution is 0.674. The van der Waals surface area contributed by atoms with Gasteiger partial charge in [-0.15, -0.1) is 0 Å². The van der Waals surface area contributed by atoms with Gasteiger partial charge in [0.1, 0.15) is 0 Å². The standard InChI is InChI=1S/C13H15N3S/c1-2-12(14)13-4-3-11(9-16-13)17-10-5-7-15-8-6-10/h3-9,12H,2,14H2,1H3. The molecule has 0 bridgehead atoms. The van der Waals surface area contributed by atoms with E-state index in [2.05, 4.69) is 23.0 Å². The van der Waals surface area contributed by atoms with E-state index >= 15 is 0 Å². The Labute approximate surface area is 105 Å². The van der Waals surface area contributed by atoms with E-state index in [1.165, 1.54) is 0 Å². The monoisotopic (exact) mass is 245 g/mol. The van der Waals surface area contributed by atoms with Crippen molar-refractivity contribution in [1.29, 1.82) is 0 Å². The van der Waals surface area contributed by atoms with Crippen molar-refractivity contribution >= 4 is 11.8 Å². The average molecular weight is 245 g/mol. The molecule has 0 aromatic carbocycles. The van der Waals surface area contributed by atoms with E-state index in [-0.39, 0.29) is 6.04 Å². The summed E-state index contributed by atoms with van der Waals surface area (Å²) in [6.07, 6.45) is 6.36. The quantitative estimate of drug-likeness (QED) is 0.899. The fourth-order valence-corrected chi connectivity index (χ4v) is 2.19. The van der Waals surface area contributed by atoms with Crippen LogP contribution in [0.4, 0.5) is 0 Å². The molecule has 0 saturated heterocycles. The molecule has 0 aliphatic rings. The van der Waals surface area contributed by atoms with Crippen molar-refractivity contribution in [2.24, 2.45) is 5.73 Å². The van der Waals surface area contributed by atoms with Gasteiger partial charge in [-0.05, 0) is 30.7 Å². The van der Waals surface area contributed by atoms with Crippen LogP contribution in [0.2, 0.25) is 0 Å². The van der Waals surface area contributed by atoms with E-state index in [0.29, 0.717) is 0 Å². The van der Waals surface area contributed by atoms with Crippen LogP contribution in [0.5, 0.6) is 0 Å². The van der Waals surface area contributed by atoms with Crippen LogP contribution in [-0.2, 0) is 0 Å². The third-order valence-electron chi connectivity index (χ3n) is 2.46. The third kappa shape index (κ3) is 3.28. The Morgan fingerprint density at radius 2 is 1.94 bits per heavy atom.